The monoisotopic (exact) mass is 213 g/mol. The van der Waals surface area contributed by atoms with Crippen LogP contribution in [0.15, 0.2) is 0 Å². The van der Waals surface area contributed by atoms with Crippen molar-refractivity contribution in [2.75, 3.05) is 13.1 Å². The van der Waals surface area contributed by atoms with Crippen molar-refractivity contribution in [1.82, 2.24) is 16.0 Å². The first-order chi connectivity index (χ1) is 7.22. The van der Waals surface area contributed by atoms with Gasteiger partial charge < -0.3 is 16.0 Å². The molecule has 1 aliphatic rings. The van der Waals surface area contributed by atoms with Gasteiger partial charge in [0.1, 0.15) is 0 Å². The third kappa shape index (κ3) is 5.93. The van der Waals surface area contributed by atoms with Gasteiger partial charge in [-0.15, -0.1) is 0 Å². The molecular formula is C10H19N3O2. The molecule has 1 rings (SSSR count). The van der Waals surface area contributed by atoms with Crippen LogP contribution in [0.2, 0.25) is 0 Å². The fourth-order valence-corrected chi connectivity index (χ4v) is 1.11. The summed E-state index contributed by atoms with van der Waals surface area (Å²) in [5.74, 6) is -0.108. The number of unbranched alkanes of at least 4 members (excludes halogenated alkanes) is 1. The molecule has 86 valence electrons. The van der Waals surface area contributed by atoms with Crippen molar-refractivity contribution in [3.05, 3.63) is 0 Å². The Hall–Kier alpha value is -1.26. The van der Waals surface area contributed by atoms with Crippen LogP contribution in [0.25, 0.3) is 0 Å². The summed E-state index contributed by atoms with van der Waals surface area (Å²) < 4.78 is 0. The van der Waals surface area contributed by atoms with Gasteiger partial charge in [0.05, 0.1) is 6.54 Å². The molecule has 0 bridgehead atoms. The second-order valence-electron chi connectivity index (χ2n) is 3.80. The zero-order valence-corrected chi connectivity index (χ0v) is 9.14. The Morgan fingerprint density at radius 1 is 1.27 bits per heavy atom. The lowest BCUT2D eigenvalue weighted by Crippen LogP contribution is -2.42. The van der Waals surface area contributed by atoms with E-state index in [2.05, 4.69) is 22.9 Å². The van der Waals surface area contributed by atoms with Crippen molar-refractivity contribution in [3.63, 3.8) is 0 Å². The molecule has 15 heavy (non-hydrogen) atoms. The largest absolute Gasteiger partial charge is 0.352 e. The summed E-state index contributed by atoms with van der Waals surface area (Å²) in [7, 11) is 0. The number of nitrogens with one attached hydrogen (secondary N) is 3. The van der Waals surface area contributed by atoms with Gasteiger partial charge in [-0.25, -0.2) is 4.79 Å². The van der Waals surface area contributed by atoms with Gasteiger partial charge >= 0.3 is 6.03 Å². The minimum absolute atomic E-state index is 0.0639. The Bertz CT molecular complexity index is 227. The lowest BCUT2D eigenvalue weighted by molar-refractivity contribution is -0.120. The Kier molecular flexibility index (Phi) is 4.93. The van der Waals surface area contributed by atoms with Crippen LogP contribution in [0.1, 0.15) is 32.6 Å². The average molecular weight is 213 g/mol. The maximum atomic E-state index is 11.2. The number of hydrogen-bond donors (Lipinski definition) is 3. The smallest absolute Gasteiger partial charge is 0.315 e. The van der Waals surface area contributed by atoms with E-state index in [-0.39, 0.29) is 18.5 Å². The van der Waals surface area contributed by atoms with Crippen LogP contribution in [-0.2, 0) is 4.79 Å². The molecule has 0 aliphatic heterocycles. The summed E-state index contributed by atoms with van der Waals surface area (Å²) in [5, 5.41) is 7.99. The van der Waals surface area contributed by atoms with Crippen molar-refractivity contribution in [2.45, 2.75) is 38.6 Å². The van der Waals surface area contributed by atoms with Crippen molar-refractivity contribution in [3.8, 4) is 0 Å². The fourth-order valence-electron chi connectivity index (χ4n) is 1.11. The highest BCUT2D eigenvalue weighted by Crippen LogP contribution is 2.17. The number of hydrogen-bond acceptors (Lipinski definition) is 2. The first kappa shape index (κ1) is 11.8. The summed E-state index contributed by atoms with van der Waals surface area (Å²) in [6.07, 6.45) is 4.13. The van der Waals surface area contributed by atoms with Crippen molar-refractivity contribution in [2.24, 2.45) is 0 Å². The van der Waals surface area contributed by atoms with Crippen LogP contribution in [-0.4, -0.2) is 31.1 Å². The lowest BCUT2D eigenvalue weighted by Gasteiger charge is -2.07. The number of carbonyl (C=O) groups excluding carboxylic acids is 2. The van der Waals surface area contributed by atoms with E-state index in [9.17, 15) is 9.59 Å². The maximum Gasteiger partial charge on any atom is 0.315 e. The second kappa shape index (κ2) is 6.27. The average Bonchev–Trinajstić information content (AvgIpc) is 2.99. The van der Waals surface area contributed by atoms with E-state index in [1.165, 1.54) is 0 Å². The van der Waals surface area contributed by atoms with Gasteiger partial charge in [0.25, 0.3) is 0 Å². The van der Waals surface area contributed by atoms with Gasteiger partial charge in [0, 0.05) is 12.6 Å². The van der Waals surface area contributed by atoms with E-state index in [1.54, 1.807) is 0 Å². The van der Waals surface area contributed by atoms with Gasteiger partial charge in [0.15, 0.2) is 0 Å². The molecule has 1 fully saturated rings. The number of rotatable bonds is 6. The molecule has 3 amide bonds. The summed E-state index contributed by atoms with van der Waals surface area (Å²) in [6, 6.07) is 0.0804. The molecule has 0 unspecified atom stereocenters. The zero-order valence-electron chi connectivity index (χ0n) is 9.14. The summed E-state index contributed by atoms with van der Waals surface area (Å²) in [6.45, 7) is 2.78. The predicted octanol–water partition coefficient (Wildman–Crippen LogP) is 0.364. The van der Waals surface area contributed by atoms with E-state index >= 15 is 0 Å². The van der Waals surface area contributed by atoms with E-state index in [1.807, 2.05) is 0 Å². The molecule has 0 saturated heterocycles. The molecule has 0 spiro atoms. The Balaban J connectivity index is 1.97. The van der Waals surface area contributed by atoms with Gasteiger partial charge in [-0.05, 0) is 19.3 Å². The molecular weight excluding hydrogens is 194 g/mol. The van der Waals surface area contributed by atoms with Crippen LogP contribution in [0.3, 0.4) is 0 Å². The van der Waals surface area contributed by atoms with Crippen LogP contribution in [0, 0.1) is 0 Å². The van der Waals surface area contributed by atoms with Crippen LogP contribution in [0.4, 0.5) is 4.79 Å². The summed E-state index contributed by atoms with van der Waals surface area (Å²) in [4.78, 5) is 22.3. The summed E-state index contributed by atoms with van der Waals surface area (Å²) in [5.41, 5.74) is 0. The molecule has 0 atom stereocenters. The molecule has 0 radical (unpaired) electrons. The first-order valence-corrected chi connectivity index (χ1v) is 5.53. The SMILES string of the molecule is CCCCNC(=O)NCC(=O)NC1CC1. The van der Waals surface area contributed by atoms with Crippen molar-refractivity contribution >= 4 is 11.9 Å². The Morgan fingerprint density at radius 2 is 2.00 bits per heavy atom. The molecule has 5 nitrogen and oxygen atoms in total. The second-order valence-corrected chi connectivity index (χ2v) is 3.80. The van der Waals surface area contributed by atoms with E-state index < -0.39 is 0 Å². The Morgan fingerprint density at radius 3 is 2.60 bits per heavy atom. The van der Waals surface area contributed by atoms with Crippen molar-refractivity contribution < 1.29 is 9.59 Å². The molecule has 3 N–H and O–H groups in total. The van der Waals surface area contributed by atoms with Gasteiger partial charge in [-0.3, -0.25) is 4.79 Å². The number of urea groups is 1. The predicted molar refractivity (Wildman–Crippen MR) is 57.5 cm³/mol. The topological polar surface area (TPSA) is 70.2 Å². The van der Waals surface area contributed by atoms with Crippen LogP contribution >= 0.6 is 0 Å². The fraction of sp³-hybridized carbons (Fsp3) is 0.800. The van der Waals surface area contributed by atoms with Gasteiger partial charge in [-0.1, -0.05) is 13.3 Å². The normalized spacial score (nSPS) is 14.5. The quantitative estimate of drug-likeness (QED) is 0.558. The molecule has 0 heterocycles. The van der Waals surface area contributed by atoms with E-state index in [0.717, 1.165) is 25.7 Å². The molecule has 0 aromatic heterocycles. The standard InChI is InChI=1S/C10H19N3O2/c1-2-3-6-11-10(15)12-7-9(14)13-8-4-5-8/h8H,2-7H2,1H3,(H,13,14)(H2,11,12,15). The van der Waals surface area contributed by atoms with E-state index in [0.29, 0.717) is 12.6 Å². The third-order valence-electron chi connectivity index (χ3n) is 2.17. The number of carbonyl (C=O) groups is 2. The zero-order chi connectivity index (χ0) is 11.1. The molecule has 0 aromatic rings. The molecule has 0 aromatic carbocycles. The minimum atomic E-state index is -0.269. The number of amides is 3. The Labute approximate surface area is 90.0 Å². The maximum absolute atomic E-state index is 11.2. The van der Waals surface area contributed by atoms with E-state index in [4.69, 9.17) is 0 Å². The van der Waals surface area contributed by atoms with Gasteiger partial charge in [-0.2, -0.15) is 0 Å². The molecule has 1 saturated carbocycles. The highest BCUT2D eigenvalue weighted by atomic mass is 16.2. The lowest BCUT2D eigenvalue weighted by atomic mass is 10.3. The highest BCUT2D eigenvalue weighted by Gasteiger charge is 2.22. The minimum Gasteiger partial charge on any atom is -0.352 e. The molecule has 1 aliphatic carbocycles. The molecule has 5 heteroatoms. The van der Waals surface area contributed by atoms with Crippen molar-refractivity contribution in [1.29, 1.82) is 0 Å². The third-order valence-corrected chi connectivity index (χ3v) is 2.17. The van der Waals surface area contributed by atoms with Crippen LogP contribution in [0.5, 0.6) is 0 Å². The highest BCUT2D eigenvalue weighted by molar-refractivity contribution is 5.84. The van der Waals surface area contributed by atoms with Gasteiger partial charge in [0.2, 0.25) is 5.91 Å². The van der Waals surface area contributed by atoms with Crippen LogP contribution < -0.4 is 16.0 Å². The summed E-state index contributed by atoms with van der Waals surface area (Å²) >= 11 is 0. The first-order valence-electron chi connectivity index (χ1n) is 5.53.